The van der Waals surface area contributed by atoms with Gasteiger partial charge in [0.15, 0.2) is 0 Å². The van der Waals surface area contributed by atoms with Gasteiger partial charge >= 0.3 is 0 Å². The minimum atomic E-state index is -4.11. The van der Waals surface area contributed by atoms with Crippen LogP contribution in [-0.2, 0) is 14.8 Å². The zero-order valence-electron chi connectivity index (χ0n) is 14.8. The Morgan fingerprint density at radius 3 is 2.42 bits per heavy atom. The predicted octanol–water partition coefficient (Wildman–Crippen LogP) is 2.81. The van der Waals surface area contributed by atoms with Crippen molar-refractivity contribution in [2.75, 3.05) is 13.1 Å². The largest absolute Gasteiger partial charge is 0.351 e. The smallest absolute Gasteiger partial charge is 0.246 e. The van der Waals surface area contributed by atoms with Gasteiger partial charge in [-0.3, -0.25) is 4.79 Å². The van der Waals surface area contributed by atoms with Gasteiger partial charge < -0.3 is 5.32 Å². The Kier molecular flexibility index (Phi) is 5.35. The molecule has 0 atom stereocenters. The topological polar surface area (TPSA) is 66.5 Å². The predicted molar refractivity (Wildman–Crippen MR) is 92.9 cm³/mol. The van der Waals surface area contributed by atoms with Gasteiger partial charge in [-0.05, 0) is 50.8 Å². The summed E-state index contributed by atoms with van der Waals surface area (Å²) >= 11 is 0. The highest BCUT2D eigenvalue weighted by Gasteiger charge is 2.36. The summed E-state index contributed by atoms with van der Waals surface area (Å²) < 4.78 is 53.5. The van der Waals surface area contributed by atoms with Crippen LogP contribution in [0.5, 0.6) is 0 Å². The summed E-state index contributed by atoms with van der Waals surface area (Å²) in [5.74, 6) is -2.07. The molecule has 0 radical (unpaired) electrons. The van der Waals surface area contributed by atoms with Crippen LogP contribution in [0.1, 0.15) is 45.4 Å². The average molecular weight is 386 g/mol. The van der Waals surface area contributed by atoms with Gasteiger partial charge in [-0.25, -0.2) is 17.2 Å². The Morgan fingerprint density at radius 2 is 1.81 bits per heavy atom. The molecule has 3 rings (SSSR count). The molecule has 1 heterocycles. The van der Waals surface area contributed by atoms with Crippen molar-refractivity contribution in [2.24, 2.45) is 5.92 Å². The van der Waals surface area contributed by atoms with E-state index in [0.29, 0.717) is 18.9 Å². The molecule has 0 unspecified atom stereocenters. The molecule has 144 valence electrons. The Morgan fingerprint density at radius 1 is 1.19 bits per heavy atom. The van der Waals surface area contributed by atoms with Gasteiger partial charge in [0.1, 0.15) is 16.5 Å². The zero-order chi connectivity index (χ0) is 18.9. The quantitative estimate of drug-likeness (QED) is 0.865. The molecule has 1 aliphatic carbocycles. The van der Waals surface area contributed by atoms with E-state index >= 15 is 0 Å². The number of hydrogen-bond donors (Lipinski definition) is 1. The van der Waals surface area contributed by atoms with E-state index in [1.54, 1.807) is 0 Å². The van der Waals surface area contributed by atoms with Crippen molar-refractivity contribution in [3.8, 4) is 0 Å². The summed E-state index contributed by atoms with van der Waals surface area (Å²) in [5.41, 5.74) is -0.162. The van der Waals surface area contributed by atoms with Crippen LogP contribution in [0.3, 0.4) is 0 Å². The average Bonchev–Trinajstić information content (AvgIpc) is 3.03. The molecule has 1 saturated carbocycles. The van der Waals surface area contributed by atoms with Gasteiger partial charge in [-0.2, -0.15) is 4.31 Å². The molecule has 0 bridgehead atoms. The number of nitrogens with zero attached hydrogens (tertiary/aromatic N) is 1. The first-order chi connectivity index (χ1) is 12.2. The SMILES string of the molecule is CC1(NC(=O)C2CCN(S(=O)(=O)c3cc(F)ccc3F)CC2)CCCC1. The standard InChI is InChI=1S/C18H24F2N2O3S/c1-18(8-2-3-9-18)21-17(23)13-6-10-22(11-7-13)26(24,25)16-12-14(19)4-5-15(16)20/h4-5,12-13H,2-3,6-11H2,1H3,(H,21,23). The second-order valence-electron chi connectivity index (χ2n) is 7.51. The summed E-state index contributed by atoms with van der Waals surface area (Å²) in [6.45, 7) is 2.28. The number of benzene rings is 1. The number of piperidine rings is 1. The maximum atomic E-state index is 13.9. The van der Waals surface area contributed by atoms with Crippen molar-refractivity contribution in [1.29, 1.82) is 0 Å². The molecule has 1 amide bonds. The third-order valence-corrected chi connectivity index (χ3v) is 7.38. The monoisotopic (exact) mass is 386 g/mol. The Hall–Kier alpha value is -1.54. The number of carbonyl (C=O) groups excluding carboxylic acids is 1. The molecular weight excluding hydrogens is 362 g/mol. The number of carbonyl (C=O) groups is 1. The lowest BCUT2D eigenvalue weighted by atomic mass is 9.94. The number of hydrogen-bond acceptors (Lipinski definition) is 3. The molecule has 1 N–H and O–H groups in total. The van der Waals surface area contributed by atoms with Crippen molar-refractivity contribution in [3.05, 3.63) is 29.8 Å². The minimum absolute atomic E-state index is 0.0385. The van der Waals surface area contributed by atoms with Gasteiger partial charge in [-0.1, -0.05) is 12.8 Å². The first kappa shape index (κ1) is 19.2. The maximum absolute atomic E-state index is 13.9. The van der Waals surface area contributed by atoms with E-state index in [0.717, 1.165) is 42.1 Å². The second kappa shape index (κ2) is 7.23. The van der Waals surface area contributed by atoms with Crippen LogP contribution in [0.2, 0.25) is 0 Å². The van der Waals surface area contributed by atoms with E-state index < -0.39 is 26.6 Å². The zero-order valence-corrected chi connectivity index (χ0v) is 15.6. The van der Waals surface area contributed by atoms with Gasteiger partial charge in [0.25, 0.3) is 0 Å². The molecule has 1 saturated heterocycles. The Bertz CT molecular complexity index is 784. The van der Waals surface area contributed by atoms with Crippen LogP contribution in [-0.4, -0.2) is 37.3 Å². The van der Waals surface area contributed by atoms with Gasteiger partial charge in [0, 0.05) is 24.5 Å². The van der Waals surface area contributed by atoms with Gasteiger partial charge in [0.05, 0.1) is 0 Å². The summed E-state index contributed by atoms with van der Waals surface area (Å²) in [6.07, 6.45) is 4.88. The van der Waals surface area contributed by atoms with Crippen LogP contribution in [0, 0.1) is 17.6 Å². The van der Waals surface area contributed by atoms with Gasteiger partial charge in [-0.15, -0.1) is 0 Å². The lowest BCUT2D eigenvalue weighted by molar-refractivity contribution is -0.127. The molecule has 8 heteroatoms. The van der Waals surface area contributed by atoms with Crippen molar-refractivity contribution in [3.63, 3.8) is 0 Å². The van der Waals surface area contributed by atoms with E-state index in [-0.39, 0.29) is 30.5 Å². The van der Waals surface area contributed by atoms with Crippen molar-refractivity contribution >= 4 is 15.9 Å². The third-order valence-electron chi connectivity index (χ3n) is 5.47. The summed E-state index contributed by atoms with van der Waals surface area (Å²) in [7, 11) is -4.11. The molecule has 2 fully saturated rings. The molecule has 26 heavy (non-hydrogen) atoms. The number of halogens is 2. The van der Waals surface area contributed by atoms with E-state index in [9.17, 15) is 22.0 Å². The normalized spacial score (nSPS) is 21.7. The van der Waals surface area contributed by atoms with Crippen molar-refractivity contribution in [2.45, 2.75) is 55.9 Å². The van der Waals surface area contributed by atoms with E-state index in [2.05, 4.69) is 5.32 Å². The van der Waals surface area contributed by atoms with Crippen LogP contribution < -0.4 is 5.32 Å². The van der Waals surface area contributed by atoms with Crippen LogP contribution in [0.4, 0.5) is 8.78 Å². The Labute approximate surface area is 152 Å². The maximum Gasteiger partial charge on any atom is 0.246 e. The molecule has 1 aromatic carbocycles. The van der Waals surface area contributed by atoms with E-state index in [4.69, 9.17) is 0 Å². The third kappa shape index (κ3) is 3.91. The van der Waals surface area contributed by atoms with Crippen molar-refractivity contribution in [1.82, 2.24) is 9.62 Å². The molecule has 2 aliphatic rings. The number of nitrogens with one attached hydrogen (secondary N) is 1. The summed E-state index contributed by atoms with van der Waals surface area (Å²) in [4.78, 5) is 11.8. The van der Waals surface area contributed by atoms with Crippen LogP contribution >= 0.6 is 0 Å². The van der Waals surface area contributed by atoms with E-state index in [1.165, 1.54) is 0 Å². The van der Waals surface area contributed by atoms with E-state index in [1.807, 2.05) is 6.92 Å². The molecule has 0 aromatic heterocycles. The Balaban J connectivity index is 1.64. The molecule has 0 spiro atoms. The fourth-order valence-electron chi connectivity index (χ4n) is 3.85. The molecular formula is C18H24F2N2O3S. The van der Waals surface area contributed by atoms with Gasteiger partial charge in [0.2, 0.25) is 15.9 Å². The number of amides is 1. The lowest BCUT2D eigenvalue weighted by Gasteiger charge is -2.33. The fourth-order valence-corrected chi connectivity index (χ4v) is 5.40. The molecule has 5 nitrogen and oxygen atoms in total. The lowest BCUT2D eigenvalue weighted by Crippen LogP contribution is -2.49. The second-order valence-corrected chi connectivity index (χ2v) is 9.42. The highest BCUT2D eigenvalue weighted by molar-refractivity contribution is 7.89. The first-order valence-electron chi connectivity index (χ1n) is 8.98. The molecule has 1 aliphatic heterocycles. The minimum Gasteiger partial charge on any atom is -0.351 e. The van der Waals surface area contributed by atoms with Crippen LogP contribution in [0.15, 0.2) is 23.1 Å². The molecule has 1 aromatic rings. The summed E-state index contributed by atoms with van der Waals surface area (Å²) in [6, 6.07) is 2.39. The highest BCUT2D eigenvalue weighted by Crippen LogP contribution is 2.31. The van der Waals surface area contributed by atoms with Crippen LogP contribution in [0.25, 0.3) is 0 Å². The number of rotatable bonds is 4. The number of sulfonamides is 1. The highest BCUT2D eigenvalue weighted by atomic mass is 32.2. The fraction of sp³-hybridized carbons (Fsp3) is 0.611. The summed E-state index contributed by atoms with van der Waals surface area (Å²) in [5, 5.41) is 3.11. The van der Waals surface area contributed by atoms with Crippen molar-refractivity contribution < 1.29 is 22.0 Å². The first-order valence-corrected chi connectivity index (χ1v) is 10.4.